The van der Waals surface area contributed by atoms with Gasteiger partial charge in [-0.1, -0.05) is 45.0 Å². The van der Waals surface area contributed by atoms with Gasteiger partial charge in [-0.25, -0.2) is 9.59 Å². The molecule has 138 valence electrons. The Morgan fingerprint density at radius 2 is 1.65 bits per heavy atom. The zero-order valence-electron chi connectivity index (χ0n) is 15.7. The summed E-state index contributed by atoms with van der Waals surface area (Å²) in [7, 11) is 0. The fourth-order valence-corrected chi connectivity index (χ4v) is 2.56. The molecule has 0 aromatic heterocycles. The van der Waals surface area contributed by atoms with E-state index in [4.69, 9.17) is 9.47 Å². The standard InChI is InChI=1S/C22H26O4/c1-4-17-10-7-11-18(15-17)26-22(24)20-13-6-5-12-19(20)21(23)25-14-8-9-16(2)3/h5-7,10-13,15-16H,4,8-9,14H2,1-3H3. The predicted octanol–water partition coefficient (Wildman–Crippen LogP) is 5.06. The first-order valence-corrected chi connectivity index (χ1v) is 9.08. The van der Waals surface area contributed by atoms with Crippen molar-refractivity contribution in [2.45, 2.75) is 40.0 Å². The molecule has 0 heterocycles. The summed E-state index contributed by atoms with van der Waals surface area (Å²) < 4.78 is 10.8. The van der Waals surface area contributed by atoms with Gasteiger partial charge in [-0.3, -0.25) is 0 Å². The van der Waals surface area contributed by atoms with Crippen LogP contribution in [0.3, 0.4) is 0 Å². The normalized spacial score (nSPS) is 10.6. The molecule has 0 atom stereocenters. The quantitative estimate of drug-likeness (QED) is 0.378. The molecule has 4 heteroatoms. The average Bonchev–Trinajstić information content (AvgIpc) is 2.65. The van der Waals surface area contributed by atoms with Gasteiger partial charge in [0.1, 0.15) is 5.75 Å². The first kappa shape index (κ1) is 19.7. The Balaban J connectivity index is 2.07. The maximum Gasteiger partial charge on any atom is 0.344 e. The number of benzene rings is 2. The van der Waals surface area contributed by atoms with Gasteiger partial charge in [-0.15, -0.1) is 0 Å². The van der Waals surface area contributed by atoms with Crippen LogP contribution in [0.15, 0.2) is 48.5 Å². The fourth-order valence-electron chi connectivity index (χ4n) is 2.56. The molecular weight excluding hydrogens is 328 g/mol. The van der Waals surface area contributed by atoms with E-state index in [1.807, 2.05) is 25.1 Å². The highest BCUT2D eigenvalue weighted by Gasteiger charge is 2.19. The van der Waals surface area contributed by atoms with Gasteiger partial charge < -0.3 is 9.47 Å². The molecule has 0 saturated heterocycles. The lowest BCUT2D eigenvalue weighted by atomic mass is 10.1. The van der Waals surface area contributed by atoms with Crippen molar-refractivity contribution >= 4 is 11.9 Å². The molecule has 0 aliphatic rings. The van der Waals surface area contributed by atoms with Crippen molar-refractivity contribution in [2.24, 2.45) is 5.92 Å². The second-order valence-electron chi connectivity index (χ2n) is 6.61. The van der Waals surface area contributed by atoms with Crippen LogP contribution < -0.4 is 4.74 Å². The van der Waals surface area contributed by atoms with Crippen molar-refractivity contribution < 1.29 is 19.1 Å². The molecule has 0 N–H and O–H groups in total. The van der Waals surface area contributed by atoms with E-state index >= 15 is 0 Å². The molecular formula is C22H26O4. The number of hydrogen-bond acceptors (Lipinski definition) is 4. The summed E-state index contributed by atoms with van der Waals surface area (Å²) >= 11 is 0. The van der Waals surface area contributed by atoms with Gasteiger partial charge in [0.2, 0.25) is 0 Å². The van der Waals surface area contributed by atoms with E-state index in [-0.39, 0.29) is 11.1 Å². The second kappa shape index (κ2) is 9.76. The molecule has 0 aliphatic heterocycles. The second-order valence-corrected chi connectivity index (χ2v) is 6.61. The van der Waals surface area contributed by atoms with E-state index in [2.05, 4.69) is 13.8 Å². The zero-order valence-corrected chi connectivity index (χ0v) is 15.7. The Morgan fingerprint density at radius 3 is 2.31 bits per heavy atom. The summed E-state index contributed by atoms with van der Waals surface area (Å²) in [4.78, 5) is 24.9. The summed E-state index contributed by atoms with van der Waals surface area (Å²) in [5, 5.41) is 0. The first-order valence-electron chi connectivity index (χ1n) is 9.08. The third kappa shape index (κ3) is 5.73. The molecule has 0 spiro atoms. The molecule has 0 saturated carbocycles. The molecule has 2 aromatic rings. The summed E-state index contributed by atoms with van der Waals surface area (Å²) in [6.07, 6.45) is 2.65. The van der Waals surface area contributed by atoms with E-state index < -0.39 is 11.9 Å². The largest absolute Gasteiger partial charge is 0.462 e. The average molecular weight is 354 g/mol. The number of ether oxygens (including phenoxy) is 2. The molecule has 26 heavy (non-hydrogen) atoms. The molecule has 0 bridgehead atoms. The third-order valence-corrected chi connectivity index (χ3v) is 4.04. The van der Waals surface area contributed by atoms with Crippen molar-refractivity contribution in [2.75, 3.05) is 6.61 Å². The lowest BCUT2D eigenvalue weighted by Crippen LogP contribution is -2.16. The maximum absolute atomic E-state index is 12.5. The highest BCUT2D eigenvalue weighted by atomic mass is 16.5. The number of aryl methyl sites for hydroxylation is 1. The molecule has 2 aromatic carbocycles. The van der Waals surface area contributed by atoms with Gasteiger partial charge >= 0.3 is 11.9 Å². The molecule has 4 nitrogen and oxygen atoms in total. The maximum atomic E-state index is 12.5. The minimum Gasteiger partial charge on any atom is -0.462 e. The van der Waals surface area contributed by atoms with Crippen molar-refractivity contribution in [1.29, 1.82) is 0 Å². The number of carbonyl (C=O) groups excluding carboxylic acids is 2. The van der Waals surface area contributed by atoms with Gasteiger partial charge in [0, 0.05) is 0 Å². The minimum atomic E-state index is -0.562. The van der Waals surface area contributed by atoms with Crippen LogP contribution in [0.2, 0.25) is 0 Å². The minimum absolute atomic E-state index is 0.211. The Kier molecular flexibility index (Phi) is 7.39. The van der Waals surface area contributed by atoms with Crippen LogP contribution in [0.25, 0.3) is 0 Å². The van der Waals surface area contributed by atoms with Gasteiger partial charge in [0.05, 0.1) is 17.7 Å². The smallest absolute Gasteiger partial charge is 0.344 e. The highest BCUT2D eigenvalue weighted by Crippen LogP contribution is 2.18. The summed E-state index contributed by atoms with van der Waals surface area (Å²) in [5.74, 6) is -0.0269. The van der Waals surface area contributed by atoms with E-state index in [1.165, 1.54) is 0 Å². The number of esters is 2. The van der Waals surface area contributed by atoms with Crippen molar-refractivity contribution in [3.63, 3.8) is 0 Å². The molecule has 0 unspecified atom stereocenters. The fraction of sp³-hybridized carbons (Fsp3) is 0.364. The lowest BCUT2D eigenvalue weighted by molar-refractivity contribution is 0.0486. The van der Waals surface area contributed by atoms with E-state index in [0.717, 1.165) is 24.8 Å². The Labute approximate surface area is 155 Å². The van der Waals surface area contributed by atoms with Gasteiger partial charge in [-0.05, 0) is 55.0 Å². The molecule has 0 amide bonds. The van der Waals surface area contributed by atoms with Crippen LogP contribution >= 0.6 is 0 Å². The van der Waals surface area contributed by atoms with Crippen molar-refractivity contribution in [1.82, 2.24) is 0 Å². The summed E-state index contributed by atoms with van der Waals surface area (Å²) in [6.45, 7) is 6.63. The molecule has 0 radical (unpaired) electrons. The van der Waals surface area contributed by atoms with Crippen LogP contribution in [0.4, 0.5) is 0 Å². The van der Waals surface area contributed by atoms with Crippen LogP contribution in [0, 0.1) is 5.92 Å². The topological polar surface area (TPSA) is 52.6 Å². The summed E-state index contributed by atoms with van der Waals surface area (Å²) in [5.41, 5.74) is 1.52. The van der Waals surface area contributed by atoms with E-state index in [1.54, 1.807) is 30.3 Å². The van der Waals surface area contributed by atoms with Crippen LogP contribution in [0.5, 0.6) is 5.75 Å². The van der Waals surface area contributed by atoms with Gasteiger partial charge in [0.15, 0.2) is 0 Å². The highest BCUT2D eigenvalue weighted by molar-refractivity contribution is 6.03. The zero-order chi connectivity index (χ0) is 18.9. The monoisotopic (exact) mass is 354 g/mol. The number of hydrogen-bond donors (Lipinski definition) is 0. The predicted molar refractivity (Wildman–Crippen MR) is 102 cm³/mol. The van der Waals surface area contributed by atoms with Crippen molar-refractivity contribution in [3.8, 4) is 5.75 Å². The molecule has 0 fully saturated rings. The third-order valence-electron chi connectivity index (χ3n) is 4.04. The number of carbonyl (C=O) groups is 2. The summed E-state index contributed by atoms with van der Waals surface area (Å²) in [6, 6.07) is 13.9. The van der Waals surface area contributed by atoms with Gasteiger partial charge in [0.25, 0.3) is 0 Å². The van der Waals surface area contributed by atoms with Crippen LogP contribution in [0.1, 0.15) is 59.9 Å². The van der Waals surface area contributed by atoms with E-state index in [9.17, 15) is 9.59 Å². The SMILES string of the molecule is CCc1cccc(OC(=O)c2ccccc2C(=O)OCCCC(C)C)c1. The molecule has 0 aliphatic carbocycles. The number of rotatable bonds is 8. The Bertz CT molecular complexity index is 749. The lowest BCUT2D eigenvalue weighted by Gasteiger charge is -2.10. The van der Waals surface area contributed by atoms with Crippen LogP contribution in [-0.2, 0) is 11.2 Å². The van der Waals surface area contributed by atoms with Crippen molar-refractivity contribution in [3.05, 3.63) is 65.2 Å². The van der Waals surface area contributed by atoms with Crippen LogP contribution in [-0.4, -0.2) is 18.5 Å². The molecule has 2 rings (SSSR count). The Hall–Kier alpha value is -2.62. The first-order chi connectivity index (χ1) is 12.5. The van der Waals surface area contributed by atoms with Gasteiger partial charge in [-0.2, -0.15) is 0 Å². The van der Waals surface area contributed by atoms with E-state index in [0.29, 0.717) is 18.3 Å². The Morgan fingerprint density at radius 1 is 0.962 bits per heavy atom.